The minimum absolute atomic E-state index is 0.264. The first-order valence-electron chi connectivity index (χ1n) is 4.43. The average Bonchev–Trinajstić information content (AvgIpc) is 2.16. The molecule has 0 unspecified atom stereocenters. The van der Waals surface area contributed by atoms with Gasteiger partial charge < -0.3 is 14.8 Å². The molecule has 1 aromatic rings. The van der Waals surface area contributed by atoms with Crippen LogP contribution in [0.25, 0.3) is 0 Å². The first kappa shape index (κ1) is 11.4. The van der Waals surface area contributed by atoms with Gasteiger partial charge in [0.25, 0.3) is 0 Å². The molecule has 0 fully saturated rings. The third-order valence-corrected chi connectivity index (χ3v) is 2.06. The van der Waals surface area contributed by atoms with Crippen LogP contribution in [0.2, 0.25) is 5.02 Å². The van der Waals surface area contributed by atoms with E-state index in [2.05, 4.69) is 0 Å². The summed E-state index contributed by atoms with van der Waals surface area (Å²) in [5, 5.41) is 18.3. The van der Waals surface area contributed by atoms with Gasteiger partial charge in [0.15, 0.2) is 0 Å². The van der Waals surface area contributed by atoms with E-state index in [0.717, 1.165) is 6.42 Å². The quantitative estimate of drug-likeness (QED) is 0.729. The highest BCUT2D eigenvalue weighted by Crippen LogP contribution is 2.14. The molecule has 0 bridgehead atoms. The summed E-state index contributed by atoms with van der Waals surface area (Å²) in [6.45, 7) is 2.60. The summed E-state index contributed by atoms with van der Waals surface area (Å²) in [6.07, 6.45) is 0.902. The van der Waals surface area contributed by atoms with Crippen molar-refractivity contribution in [3.8, 4) is 5.75 Å². The molecule has 0 aliphatic heterocycles. The molecule has 76 valence electrons. The van der Waals surface area contributed by atoms with Crippen LogP contribution in [0.15, 0.2) is 18.2 Å². The number of ether oxygens (including phenoxy) is 1. The van der Waals surface area contributed by atoms with E-state index in [9.17, 15) is 0 Å². The van der Waals surface area contributed by atoms with Gasteiger partial charge in [0.1, 0.15) is 5.75 Å². The lowest BCUT2D eigenvalue weighted by atomic mass is 9.80. The second kappa shape index (κ2) is 5.24. The van der Waals surface area contributed by atoms with Crippen LogP contribution in [0, 0.1) is 0 Å². The van der Waals surface area contributed by atoms with Crippen molar-refractivity contribution >= 4 is 24.2 Å². The Morgan fingerprint density at radius 3 is 2.71 bits per heavy atom. The molecule has 0 aliphatic rings. The zero-order chi connectivity index (χ0) is 10.6. The van der Waals surface area contributed by atoms with Crippen molar-refractivity contribution in [3.05, 3.63) is 23.2 Å². The first-order valence-corrected chi connectivity index (χ1v) is 4.81. The normalized spacial score (nSPS) is 10.0. The molecule has 0 saturated heterocycles. The molecule has 1 rings (SSSR count). The predicted molar refractivity (Wildman–Crippen MR) is 57.1 cm³/mol. The number of rotatable bonds is 4. The van der Waals surface area contributed by atoms with Gasteiger partial charge in [0, 0.05) is 10.5 Å². The van der Waals surface area contributed by atoms with Crippen LogP contribution in [0.3, 0.4) is 0 Å². The number of halogens is 1. The first-order chi connectivity index (χ1) is 6.65. The topological polar surface area (TPSA) is 49.7 Å². The number of hydrogen-bond acceptors (Lipinski definition) is 3. The van der Waals surface area contributed by atoms with Crippen LogP contribution < -0.4 is 10.2 Å². The molecule has 0 saturated carbocycles. The molecule has 0 spiro atoms. The summed E-state index contributed by atoms with van der Waals surface area (Å²) in [6, 6.07) is 4.81. The molecule has 0 heterocycles. The Hall–Kier alpha value is -0.705. The molecule has 1 aromatic carbocycles. The van der Waals surface area contributed by atoms with Gasteiger partial charge in [-0.1, -0.05) is 18.5 Å². The lowest BCUT2D eigenvalue weighted by Gasteiger charge is -2.07. The number of benzene rings is 1. The highest BCUT2D eigenvalue weighted by molar-refractivity contribution is 6.62. The second-order valence-corrected chi connectivity index (χ2v) is 3.31. The van der Waals surface area contributed by atoms with Crippen molar-refractivity contribution in [2.75, 3.05) is 6.61 Å². The molecular formula is C9H12BClO3. The van der Waals surface area contributed by atoms with Gasteiger partial charge in [-0.25, -0.2) is 0 Å². The third kappa shape index (κ3) is 2.91. The van der Waals surface area contributed by atoms with Crippen LogP contribution in [-0.4, -0.2) is 23.8 Å². The van der Waals surface area contributed by atoms with E-state index in [1.165, 1.54) is 6.07 Å². The third-order valence-electron chi connectivity index (χ3n) is 1.72. The molecule has 0 aromatic heterocycles. The van der Waals surface area contributed by atoms with Crippen molar-refractivity contribution in [1.82, 2.24) is 0 Å². The standard InChI is InChI=1S/C9H12BClO3/c1-2-5-14-7-3-4-9(11)8(6-7)10(12)13/h3-4,6,12-13H,2,5H2,1H3. The van der Waals surface area contributed by atoms with E-state index in [4.69, 9.17) is 26.4 Å². The molecule has 5 heteroatoms. The van der Waals surface area contributed by atoms with Gasteiger partial charge in [-0.2, -0.15) is 0 Å². The van der Waals surface area contributed by atoms with Crippen molar-refractivity contribution in [1.29, 1.82) is 0 Å². The summed E-state index contributed by atoms with van der Waals surface area (Å²) >= 11 is 5.75. The number of hydrogen-bond donors (Lipinski definition) is 2. The second-order valence-electron chi connectivity index (χ2n) is 2.91. The fourth-order valence-corrected chi connectivity index (χ4v) is 1.24. The maximum atomic E-state index is 8.97. The van der Waals surface area contributed by atoms with Gasteiger partial charge in [-0.15, -0.1) is 0 Å². The van der Waals surface area contributed by atoms with Gasteiger partial charge in [0.2, 0.25) is 0 Å². The van der Waals surface area contributed by atoms with Crippen LogP contribution in [0.1, 0.15) is 13.3 Å². The van der Waals surface area contributed by atoms with E-state index in [0.29, 0.717) is 17.4 Å². The fraction of sp³-hybridized carbons (Fsp3) is 0.333. The van der Waals surface area contributed by atoms with E-state index in [-0.39, 0.29) is 5.46 Å². The molecule has 0 amide bonds. The van der Waals surface area contributed by atoms with Crippen molar-refractivity contribution in [3.63, 3.8) is 0 Å². The average molecular weight is 214 g/mol. The maximum Gasteiger partial charge on any atom is 0.490 e. The minimum atomic E-state index is -1.56. The van der Waals surface area contributed by atoms with Crippen LogP contribution in [0.5, 0.6) is 5.75 Å². The van der Waals surface area contributed by atoms with Gasteiger partial charge >= 0.3 is 7.12 Å². The largest absolute Gasteiger partial charge is 0.494 e. The molecule has 0 atom stereocenters. The SMILES string of the molecule is CCCOc1ccc(Cl)c(B(O)O)c1. The Morgan fingerprint density at radius 1 is 1.43 bits per heavy atom. The Morgan fingerprint density at radius 2 is 2.14 bits per heavy atom. The van der Waals surface area contributed by atoms with Gasteiger partial charge in [0.05, 0.1) is 6.61 Å². The van der Waals surface area contributed by atoms with Crippen LogP contribution in [-0.2, 0) is 0 Å². The van der Waals surface area contributed by atoms with Crippen LogP contribution in [0.4, 0.5) is 0 Å². The molecule has 2 N–H and O–H groups in total. The molecule has 3 nitrogen and oxygen atoms in total. The summed E-state index contributed by atoms with van der Waals surface area (Å²) < 4.78 is 5.32. The van der Waals surface area contributed by atoms with Crippen molar-refractivity contribution < 1.29 is 14.8 Å². The Labute approximate surface area is 88.4 Å². The highest BCUT2D eigenvalue weighted by atomic mass is 35.5. The Bertz CT molecular complexity index is 304. The smallest absolute Gasteiger partial charge is 0.490 e. The molecular weight excluding hydrogens is 202 g/mol. The summed E-state index contributed by atoms with van der Waals surface area (Å²) in [5.41, 5.74) is 0.264. The summed E-state index contributed by atoms with van der Waals surface area (Å²) in [4.78, 5) is 0. The van der Waals surface area contributed by atoms with Crippen LogP contribution >= 0.6 is 11.6 Å². The zero-order valence-corrected chi connectivity index (χ0v) is 8.66. The highest BCUT2D eigenvalue weighted by Gasteiger charge is 2.15. The van der Waals surface area contributed by atoms with Gasteiger partial charge in [-0.3, -0.25) is 0 Å². The minimum Gasteiger partial charge on any atom is -0.494 e. The molecule has 0 aliphatic carbocycles. The zero-order valence-electron chi connectivity index (χ0n) is 7.90. The maximum absolute atomic E-state index is 8.97. The van der Waals surface area contributed by atoms with E-state index in [1.54, 1.807) is 12.1 Å². The predicted octanol–water partition coefficient (Wildman–Crippen LogP) is 0.809. The Kier molecular flexibility index (Phi) is 4.26. The lowest BCUT2D eigenvalue weighted by molar-refractivity contribution is 0.317. The monoisotopic (exact) mass is 214 g/mol. The van der Waals surface area contributed by atoms with Crippen molar-refractivity contribution in [2.45, 2.75) is 13.3 Å². The summed E-state index contributed by atoms with van der Waals surface area (Å²) in [7, 11) is -1.56. The van der Waals surface area contributed by atoms with E-state index < -0.39 is 7.12 Å². The Balaban J connectivity index is 2.83. The summed E-state index contributed by atoms with van der Waals surface area (Å²) in [5.74, 6) is 0.597. The van der Waals surface area contributed by atoms with E-state index >= 15 is 0 Å². The fourth-order valence-electron chi connectivity index (χ4n) is 1.03. The molecule has 14 heavy (non-hydrogen) atoms. The van der Waals surface area contributed by atoms with E-state index in [1.807, 2.05) is 6.92 Å². The van der Waals surface area contributed by atoms with Crippen molar-refractivity contribution in [2.24, 2.45) is 0 Å². The lowest BCUT2D eigenvalue weighted by Crippen LogP contribution is -2.30. The van der Waals surface area contributed by atoms with Gasteiger partial charge in [-0.05, 0) is 24.6 Å². The molecule has 0 radical (unpaired) electrons.